The molecule has 2 fully saturated rings. The Morgan fingerprint density at radius 1 is 1.07 bits per heavy atom. The third-order valence-electron chi connectivity index (χ3n) is 4.03. The van der Waals surface area contributed by atoms with Gasteiger partial charge in [0.05, 0.1) is 13.2 Å². The second kappa shape index (κ2) is 10.1. The molecule has 0 spiro atoms. The second-order valence-electron chi connectivity index (χ2n) is 7.63. The molecule has 2 heterocycles. The summed E-state index contributed by atoms with van der Waals surface area (Å²) in [7, 11) is 0. The molecule has 4 atom stereocenters. The van der Waals surface area contributed by atoms with Gasteiger partial charge in [0.2, 0.25) is 5.69 Å². The first kappa shape index (κ1) is 24.6. The van der Waals surface area contributed by atoms with Crippen LogP contribution in [0.5, 0.6) is 0 Å². The van der Waals surface area contributed by atoms with Gasteiger partial charge in [-0.1, -0.05) is 13.8 Å². The standard InChI is InChI=1S/C17H27O9PS2/c1-10(18)21-7-14-16(25-12(3)20)13(24-11(2)19)6-15(26-14)29-27(28)22-8-17(4,5)9-23-27/h13-16H,6-9H2,1-5H3/t13-,14-,15-,16+/m1/s1. The van der Waals surface area contributed by atoms with Crippen molar-refractivity contribution in [1.29, 1.82) is 0 Å². The van der Waals surface area contributed by atoms with Crippen molar-refractivity contribution in [2.45, 2.75) is 64.8 Å². The van der Waals surface area contributed by atoms with E-state index in [1.165, 1.54) is 32.2 Å². The Balaban J connectivity index is 2.16. The molecule has 166 valence electrons. The third kappa shape index (κ3) is 7.80. The van der Waals surface area contributed by atoms with Crippen molar-refractivity contribution in [3.05, 3.63) is 0 Å². The van der Waals surface area contributed by atoms with Gasteiger partial charge in [-0.05, 0) is 23.2 Å². The SMILES string of the molecule is CC(=O)OC[C@H]1O[C@H](SP2(=S)OCC(C)(C)CO2)C[C@@H](OC(C)=O)[C@@H]1OC(C)=O. The summed E-state index contributed by atoms with van der Waals surface area (Å²) in [5, 5.41) is 0. The quantitative estimate of drug-likeness (QED) is 0.325. The highest BCUT2D eigenvalue weighted by molar-refractivity contribution is 8.68. The summed E-state index contributed by atoms with van der Waals surface area (Å²) in [5.74, 6) is -1.61. The lowest BCUT2D eigenvalue weighted by molar-refractivity contribution is -0.204. The van der Waals surface area contributed by atoms with Crippen molar-refractivity contribution in [2.75, 3.05) is 19.8 Å². The minimum absolute atomic E-state index is 0.130. The fourth-order valence-electron chi connectivity index (χ4n) is 2.76. The molecule has 0 radical (unpaired) electrons. The fourth-order valence-corrected chi connectivity index (χ4v) is 7.86. The minimum atomic E-state index is -2.67. The van der Waals surface area contributed by atoms with E-state index in [4.69, 9.17) is 39.8 Å². The summed E-state index contributed by atoms with van der Waals surface area (Å²) in [5.41, 5.74) is -3.35. The van der Waals surface area contributed by atoms with E-state index < -0.39 is 47.3 Å². The smallest absolute Gasteiger partial charge is 0.303 e. The van der Waals surface area contributed by atoms with Gasteiger partial charge in [0, 0.05) is 32.6 Å². The van der Waals surface area contributed by atoms with Crippen molar-refractivity contribution in [2.24, 2.45) is 5.41 Å². The van der Waals surface area contributed by atoms with Crippen LogP contribution in [0.25, 0.3) is 0 Å². The van der Waals surface area contributed by atoms with Gasteiger partial charge >= 0.3 is 17.9 Å². The predicted molar refractivity (Wildman–Crippen MR) is 109 cm³/mol. The maximum Gasteiger partial charge on any atom is 0.303 e. The summed E-state index contributed by atoms with van der Waals surface area (Å²) in [4.78, 5) is 34.4. The molecule has 0 N–H and O–H groups in total. The molecule has 9 nitrogen and oxygen atoms in total. The summed E-state index contributed by atoms with van der Waals surface area (Å²) in [6.07, 6.45) is -2.32. The van der Waals surface area contributed by atoms with Crippen LogP contribution in [0.15, 0.2) is 0 Å². The van der Waals surface area contributed by atoms with Crippen molar-refractivity contribution in [3.63, 3.8) is 0 Å². The van der Waals surface area contributed by atoms with Crippen molar-refractivity contribution in [3.8, 4) is 0 Å². The van der Waals surface area contributed by atoms with Gasteiger partial charge in [0.1, 0.15) is 24.3 Å². The zero-order chi connectivity index (χ0) is 21.8. The number of carbonyl (C=O) groups is 3. The van der Waals surface area contributed by atoms with E-state index in [-0.39, 0.29) is 18.4 Å². The Labute approximate surface area is 179 Å². The molecule has 0 aromatic carbocycles. The van der Waals surface area contributed by atoms with Crippen LogP contribution in [0.2, 0.25) is 0 Å². The van der Waals surface area contributed by atoms with E-state index in [2.05, 4.69) is 0 Å². The van der Waals surface area contributed by atoms with Crippen LogP contribution in [-0.4, -0.2) is 61.5 Å². The van der Waals surface area contributed by atoms with Crippen molar-refractivity contribution >= 4 is 46.8 Å². The van der Waals surface area contributed by atoms with Gasteiger partial charge in [0.15, 0.2) is 6.10 Å². The van der Waals surface area contributed by atoms with E-state index in [0.717, 1.165) is 0 Å². The lowest BCUT2D eigenvalue weighted by atomic mass is 9.97. The maximum absolute atomic E-state index is 11.6. The summed E-state index contributed by atoms with van der Waals surface area (Å²) in [6, 6.07) is 0. The van der Waals surface area contributed by atoms with E-state index in [1.807, 2.05) is 13.8 Å². The zero-order valence-electron chi connectivity index (χ0n) is 17.1. The molecule has 2 rings (SSSR count). The van der Waals surface area contributed by atoms with Gasteiger partial charge in [-0.2, -0.15) is 0 Å². The van der Waals surface area contributed by atoms with Gasteiger partial charge in [-0.15, -0.1) is 0 Å². The molecule has 0 aliphatic carbocycles. The van der Waals surface area contributed by atoms with Crippen LogP contribution < -0.4 is 0 Å². The van der Waals surface area contributed by atoms with Crippen LogP contribution >= 0.6 is 17.1 Å². The molecule has 0 aromatic rings. The number of carbonyl (C=O) groups excluding carboxylic acids is 3. The number of rotatable bonds is 6. The molecule has 0 aromatic heterocycles. The molecule has 29 heavy (non-hydrogen) atoms. The molecule has 2 aliphatic rings. The topological polar surface area (TPSA) is 107 Å². The molecule has 0 saturated carbocycles. The minimum Gasteiger partial charge on any atom is -0.463 e. The summed E-state index contributed by atoms with van der Waals surface area (Å²) < 4.78 is 33.4. The Morgan fingerprint density at radius 2 is 1.66 bits per heavy atom. The molecule has 0 unspecified atom stereocenters. The average molecular weight is 471 g/mol. The molecular weight excluding hydrogens is 443 g/mol. The molecule has 0 amide bonds. The van der Waals surface area contributed by atoms with Crippen LogP contribution in [0.1, 0.15) is 41.0 Å². The highest BCUT2D eigenvalue weighted by atomic mass is 32.9. The molecule has 2 saturated heterocycles. The highest BCUT2D eigenvalue weighted by Crippen LogP contribution is 2.66. The van der Waals surface area contributed by atoms with E-state index in [9.17, 15) is 14.4 Å². The normalized spacial score (nSPS) is 30.8. The van der Waals surface area contributed by atoms with E-state index in [1.54, 1.807) is 0 Å². The monoisotopic (exact) mass is 470 g/mol. The van der Waals surface area contributed by atoms with Gasteiger partial charge in [-0.3, -0.25) is 14.4 Å². The number of hydrogen-bond acceptors (Lipinski definition) is 11. The molecule has 2 aliphatic heterocycles. The Kier molecular flexibility index (Phi) is 8.52. The number of esters is 3. The van der Waals surface area contributed by atoms with Gasteiger partial charge in [-0.25, -0.2) is 0 Å². The number of hydrogen-bond donors (Lipinski definition) is 0. The predicted octanol–water partition coefficient (Wildman–Crippen LogP) is 2.56. The zero-order valence-corrected chi connectivity index (χ0v) is 19.6. The summed E-state index contributed by atoms with van der Waals surface area (Å²) in [6.45, 7) is 8.56. The van der Waals surface area contributed by atoms with Crippen LogP contribution in [0.3, 0.4) is 0 Å². The fraction of sp³-hybridized carbons (Fsp3) is 0.824. The van der Waals surface area contributed by atoms with Crippen LogP contribution in [0, 0.1) is 5.41 Å². The molecule has 0 bridgehead atoms. The Hall–Kier alpha value is -0.710. The van der Waals surface area contributed by atoms with E-state index >= 15 is 0 Å². The van der Waals surface area contributed by atoms with Crippen molar-refractivity contribution in [1.82, 2.24) is 0 Å². The van der Waals surface area contributed by atoms with Gasteiger partial charge in [0.25, 0.3) is 0 Å². The lowest BCUT2D eigenvalue weighted by Gasteiger charge is -2.42. The molecular formula is C17H27O9PS2. The largest absolute Gasteiger partial charge is 0.463 e. The first-order chi connectivity index (χ1) is 13.4. The Morgan fingerprint density at radius 3 is 2.17 bits per heavy atom. The van der Waals surface area contributed by atoms with Gasteiger partial charge < -0.3 is 28.0 Å². The van der Waals surface area contributed by atoms with Crippen LogP contribution in [0.4, 0.5) is 0 Å². The van der Waals surface area contributed by atoms with Crippen LogP contribution in [-0.2, 0) is 54.2 Å². The van der Waals surface area contributed by atoms with Crippen molar-refractivity contribution < 1.29 is 42.4 Å². The highest BCUT2D eigenvalue weighted by Gasteiger charge is 2.46. The molecule has 12 heteroatoms. The lowest BCUT2D eigenvalue weighted by Crippen LogP contribution is -2.53. The third-order valence-corrected chi connectivity index (χ3v) is 9.23. The first-order valence-electron chi connectivity index (χ1n) is 9.10. The summed E-state index contributed by atoms with van der Waals surface area (Å²) >= 11 is 6.80. The first-order valence-corrected chi connectivity index (χ1v) is 13.2. The van der Waals surface area contributed by atoms with E-state index in [0.29, 0.717) is 13.2 Å². The maximum atomic E-state index is 11.6. The average Bonchev–Trinajstić information content (AvgIpc) is 2.58. The number of ether oxygens (including phenoxy) is 4. The Bertz CT molecular complexity index is 670. The second-order valence-corrected chi connectivity index (χ2v) is 14.0.